The Hall–Kier alpha value is -1.77. The molecule has 0 aliphatic heterocycles. The summed E-state index contributed by atoms with van der Waals surface area (Å²) >= 11 is 0. The van der Waals surface area contributed by atoms with Crippen molar-refractivity contribution >= 4 is 5.78 Å². The minimum atomic E-state index is -0.0244. The summed E-state index contributed by atoms with van der Waals surface area (Å²) in [5.41, 5.74) is 1.26. The first-order valence-corrected chi connectivity index (χ1v) is 4.69. The predicted octanol–water partition coefficient (Wildman–Crippen LogP) is 2.04. The van der Waals surface area contributed by atoms with Crippen molar-refractivity contribution < 1.29 is 9.90 Å². The number of benzene rings is 1. The van der Waals surface area contributed by atoms with Crippen LogP contribution in [0, 0.1) is 0 Å². The fourth-order valence-corrected chi connectivity index (χ4v) is 1.29. The molecule has 0 unspecified atom stereocenters. The lowest BCUT2D eigenvalue weighted by molar-refractivity contribution is 0.103. The Kier molecular flexibility index (Phi) is 3.50. The van der Waals surface area contributed by atoms with Gasteiger partial charge in [-0.2, -0.15) is 0 Å². The third kappa shape index (κ3) is 3.13. The second kappa shape index (κ2) is 4.64. The molecule has 1 aromatic carbocycles. The summed E-state index contributed by atoms with van der Waals surface area (Å²) in [4.78, 5) is 13.6. The van der Waals surface area contributed by atoms with E-state index in [9.17, 15) is 4.79 Å². The van der Waals surface area contributed by atoms with Crippen molar-refractivity contribution in [2.45, 2.75) is 6.92 Å². The van der Waals surface area contributed by atoms with Crippen molar-refractivity contribution in [2.24, 2.45) is 0 Å². The first-order chi connectivity index (χ1) is 7.00. The number of phenolic OH excluding ortho intramolecular Hbond substituents is 1. The van der Waals surface area contributed by atoms with E-state index in [0.717, 1.165) is 0 Å². The van der Waals surface area contributed by atoms with Crippen molar-refractivity contribution in [1.82, 2.24) is 4.90 Å². The standard InChI is InChI=1S/C12H15NO2/c1-9(8-13(2)3)12(15)10-4-6-11(14)7-5-10/h4-8,14H,1-3H3/b9-8-. The Morgan fingerprint density at radius 2 is 1.80 bits per heavy atom. The van der Waals surface area contributed by atoms with Crippen LogP contribution in [0.1, 0.15) is 17.3 Å². The van der Waals surface area contributed by atoms with Crippen LogP contribution in [-0.4, -0.2) is 29.9 Å². The molecule has 15 heavy (non-hydrogen) atoms. The fourth-order valence-electron chi connectivity index (χ4n) is 1.29. The molecule has 3 nitrogen and oxygen atoms in total. The maximum absolute atomic E-state index is 11.8. The Morgan fingerprint density at radius 3 is 2.27 bits per heavy atom. The van der Waals surface area contributed by atoms with E-state index >= 15 is 0 Å². The maximum atomic E-state index is 11.8. The van der Waals surface area contributed by atoms with Gasteiger partial charge in [0.25, 0.3) is 0 Å². The third-order valence-electron chi connectivity index (χ3n) is 1.94. The number of hydrogen-bond donors (Lipinski definition) is 1. The summed E-state index contributed by atoms with van der Waals surface area (Å²) in [6, 6.07) is 6.25. The fraction of sp³-hybridized carbons (Fsp3) is 0.250. The van der Waals surface area contributed by atoms with Crippen molar-refractivity contribution in [2.75, 3.05) is 14.1 Å². The van der Waals surface area contributed by atoms with Gasteiger partial charge in [-0.1, -0.05) is 0 Å². The van der Waals surface area contributed by atoms with E-state index in [-0.39, 0.29) is 11.5 Å². The zero-order chi connectivity index (χ0) is 11.4. The lowest BCUT2D eigenvalue weighted by atomic mass is 10.1. The molecule has 0 aliphatic carbocycles. The highest BCUT2D eigenvalue weighted by Gasteiger charge is 2.07. The van der Waals surface area contributed by atoms with E-state index in [4.69, 9.17) is 5.11 Å². The summed E-state index contributed by atoms with van der Waals surface area (Å²) in [5.74, 6) is 0.143. The van der Waals surface area contributed by atoms with E-state index in [1.54, 1.807) is 25.3 Å². The van der Waals surface area contributed by atoms with Crippen LogP contribution in [0.25, 0.3) is 0 Å². The molecule has 0 saturated carbocycles. The molecule has 0 atom stereocenters. The number of carbonyl (C=O) groups is 1. The van der Waals surface area contributed by atoms with E-state index in [1.807, 2.05) is 19.0 Å². The van der Waals surface area contributed by atoms with Gasteiger partial charge in [0.1, 0.15) is 5.75 Å². The lowest BCUT2D eigenvalue weighted by Crippen LogP contribution is -2.07. The molecule has 1 rings (SSSR count). The van der Waals surface area contributed by atoms with Crippen LogP contribution in [0.5, 0.6) is 5.75 Å². The smallest absolute Gasteiger partial charge is 0.190 e. The van der Waals surface area contributed by atoms with Gasteiger partial charge in [-0.25, -0.2) is 0 Å². The first-order valence-electron chi connectivity index (χ1n) is 4.69. The van der Waals surface area contributed by atoms with Gasteiger partial charge >= 0.3 is 0 Å². The molecule has 0 fully saturated rings. The molecule has 0 aromatic heterocycles. The number of allylic oxidation sites excluding steroid dienone is 1. The molecular formula is C12H15NO2. The van der Waals surface area contributed by atoms with Crippen molar-refractivity contribution in [3.8, 4) is 5.75 Å². The summed E-state index contributed by atoms with van der Waals surface area (Å²) in [6.07, 6.45) is 1.77. The van der Waals surface area contributed by atoms with Crippen LogP contribution < -0.4 is 0 Å². The van der Waals surface area contributed by atoms with Crippen LogP contribution in [0.4, 0.5) is 0 Å². The number of aromatic hydroxyl groups is 1. The molecule has 0 amide bonds. The number of phenols is 1. The molecule has 0 bridgehead atoms. The van der Waals surface area contributed by atoms with Gasteiger partial charge < -0.3 is 10.0 Å². The average Bonchev–Trinajstić information content (AvgIpc) is 2.17. The number of Topliss-reactive ketones (excluding diaryl/α,β-unsaturated/α-hetero) is 1. The number of hydrogen-bond acceptors (Lipinski definition) is 3. The van der Waals surface area contributed by atoms with Crippen LogP contribution in [0.15, 0.2) is 36.0 Å². The zero-order valence-corrected chi connectivity index (χ0v) is 9.19. The second-order valence-electron chi connectivity index (χ2n) is 3.65. The van der Waals surface area contributed by atoms with Gasteiger partial charge in [0, 0.05) is 31.4 Å². The second-order valence-corrected chi connectivity index (χ2v) is 3.65. The molecular weight excluding hydrogens is 190 g/mol. The van der Waals surface area contributed by atoms with Gasteiger partial charge in [0.15, 0.2) is 5.78 Å². The van der Waals surface area contributed by atoms with Gasteiger partial charge in [-0.3, -0.25) is 4.79 Å². The quantitative estimate of drug-likeness (QED) is 0.606. The normalized spacial score (nSPS) is 11.3. The largest absolute Gasteiger partial charge is 0.508 e. The number of rotatable bonds is 3. The van der Waals surface area contributed by atoms with Crippen LogP contribution in [0.3, 0.4) is 0 Å². The molecule has 1 N–H and O–H groups in total. The molecule has 0 saturated heterocycles. The Labute approximate surface area is 89.6 Å². The third-order valence-corrected chi connectivity index (χ3v) is 1.94. The first kappa shape index (κ1) is 11.3. The lowest BCUT2D eigenvalue weighted by Gasteiger charge is -2.07. The molecule has 0 spiro atoms. The van der Waals surface area contributed by atoms with Crippen LogP contribution >= 0.6 is 0 Å². The van der Waals surface area contributed by atoms with Crippen molar-refractivity contribution in [1.29, 1.82) is 0 Å². The highest BCUT2D eigenvalue weighted by Crippen LogP contribution is 2.13. The van der Waals surface area contributed by atoms with Gasteiger partial charge in [-0.05, 0) is 31.2 Å². The molecule has 80 valence electrons. The summed E-state index contributed by atoms with van der Waals surface area (Å²) in [7, 11) is 3.74. The van der Waals surface area contributed by atoms with Gasteiger partial charge in [-0.15, -0.1) is 0 Å². The Bertz CT molecular complexity index is 377. The SMILES string of the molecule is C/C(=C/N(C)C)C(=O)c1ccc(O)cc1. The van der Waals surface area contributed by atoms with Gasteiger partial charge in [0.2, 0.25) is 0 Å². The Morgan fingerprint density at radius 1 is 1.27 bits per heavy atom. The number of carbonyl (C=O) groups excluding carboxylic acids is 1. The van der Waals surface area contributed by atoms with Crippen molar-refractivity contribution in [3.63, 3.8) is 0 Å². The molecule has 0 radical (unpaired) electrons. The predicted molar refractivity (Wildman–Crippen MR) is 59.9 cm³/mol. The van der Waals surface area contributed by atoms with E-state index < -0.39 is 0 Å². The van der Waals surface area contributed by atoms with Gasteiger partial charge in [0.05, 0.1) is 0 Å². The highest BCUT2D eigenvalue weighted by atomic mass is 16.3. The van der Waals surface area contributed by atoms with Crippen LogP contribution in [0.2, 0.25) is 0 Å². The van der Waals surface area contributed by atoms with E-state index in [2.05, 4.69) is 0 Å². The maximum Gasteiger partial charge on any atom is 0.190 e. The minimum Gasteiger partial charge on any atom is -0.508 e. The summed E-state index contributed by atoms with van der Waals surface area (Å²) in [6.45, 7) is 1.77. The van der Waals surface area contributed by atoms with Crippen molar-refractivity contribution in [3.05, 3.63) is 41.6 Å². The number of ketones is 1. The highest BCUT2D eigenvalue weighted by molar-refractivity contribution is 6.08. The molecule has 3 heteroatoms. The van der Waals surface area contributed by atoms with Crippen LogP contribution in [-0.2, 0) is 0 Å². The molecule has 0 aliphatic rings. The molecule has 1 aromatic rings. The molecule has 0 heterocycles. The Balaban J connectivity index is 2.90. The van der Waals surface area contributed by atoms with E-state index in [1.165, 1.54) is 12.1 Å². The van der Waals surface area contributed by atoms with E-state index in [0.29, 0.717) is 11.1 Å². The summed E-state index contributed by atoms with van der Waals surface area (Å²) in [5, 5.41) is 9.09. The summed E-state index contributed by atoms with van der Waals surface area (Å²) < 4.78 is 0. The number of nitrogens with zero attached hydrogens (tertiary/aromatic N) is 1. The monoisotopic (exact) mass is 205 g/mol. The minimum absolute atomic E-state index is 0.0244. The zero-order valence-electron chi connectivity index (χ0n) is 9.19. The topological polar surface area (TPSA) is 40.5 Å². The average molecular weight is 205 g/mol.